The molecule has 0 saturated carbocycles. The lowest BCUT2D eigenvalue weighted by Crippen LogP contribution is -2.25. The largest absolute Gasteiger partial charge is 0.494 e. The number of rotatable bonds is 8. The van der Waals surface area contributed by atoms with E-state index in [1.54, 1.807) is 30.3 Å². The highest BCUT2D eigenvalue weighted by molar-refractivity contribution is 6.04. The number of carbonyl (C=O) groups is 2. The average Bonchev–Trinajstić information content (AvgIpc) is 2.64. The standard InChI is InChI=1S/C19H23N3O3/c1-3-5-11-21-18(23)14-10-12-20-17(13-14)19(24)22-15-6-8-16(9-7-15)25-4-2/h6-10,12-13H,3-5,11H2,1-2H3,(H,21,23)(H,22,24). The molecule has 0 aliphatic heterocycles. The van der Waals surface area contributed by atoms with Crippen molar-refractivity contribution in [2.24, 2.45) is 0 Å². The molecule has 0 bridgehead atoms. The van der Waals surface area contributed by atoms with Crippen LogP contribution in [0.15, 0.2) is 42.6 Å². The first-order valence-electron chi connectivity index (χ1n) is 8.42. The summed E-state index contributed by atoms with van der Waals surface area (Å²) >= 11 is 0. The number of ether oxygens (including phenoxy) is 1. The van der Waals surface area contributed by atoms with Crippen LogP contribution in [-0.2, 0) is 0 Å². The van der Waals surface area contributed by atoms with E-state index < -0.39 is 0 Å². The number of benzene rings is 1. The molecule has 1 aromatic heterocycles. The quantitative estimate of drug-likeness (QED) is 0.722. The van der Waals surface area contributed by atoms with Crippen molar-refractivity contribution in [2.75, 3.05) is 18.5 Å². The minimum Gasteiger partial charge on any atom is -0.494 e. The molecule has 2 rings (SSSR count). The maximum absolute atomic E-state index is 12.3. The maximum atomic E-state index is 12.3. The van der Waals surface area contributed by atoms with Crippen molar-refractivity contribution >= 4 is 17.5 Å². The topological polar surface area (TPSA) is 80.3 Å². The van der Waals surface area contributed by atoms with Crippen LogP contribution in [0.25, 0.3) is 0 Å². The molecule has 0 atom stereocenters. The van der Waals surface area contributed by atoms with E-state index in [9.17, 15) is 9.59 Å². The van der Waals surface area contributed by atoms with Gasteiger partial charge in [0.1, 0.15) is 11.4 Å². The minimum absolute atomic E-state index is 0.192. The second kappa shape index (κ2) is 9.42. The van der Waals surface area contributed by atoms with Gasteiger partial charge in [-0.2, -0.15) is 0 Å². The Bertz CT molecular complexity index is 714. The third-order valence-electron chi connectivity index (χ3n) is 3.49. The van der Waals surface area contributed by atoms with Crippen LogP contribution < -0.4 is 15.4 Å². The second-order valence-corrected chi connectivity index (χ2v) is 5.45. The minimum atomic E-state index is -0.368. The Morgan fingerprint density at radius 3 is 2.52 bits per heavy atom. The summed E-state index contributed by atoms with van der Waals surface area (Å²) in [4.78, 5) is 28.4. The molecule has 6 heteroatoms. The molecule has 0 saturated heterocycles. The molecule has 0 aliphatic rings. The van der Waals surface area contributed by atoms with Crippen LogP contribution in [0.4, 0.5) is 5.69 Å². The van der Waals surface area contributed by atoms with Gasteiger partial charge in [0.05, 0.1) is 6.61 Å². The van der Waals surface area contributed by atoms with Crippen molar-refractivity contribution in [1.82, 2.24) is 10.3 Å². The molecule has 2 N–H and O–H groups in total. The molecule has 0 aliphatic carbocycles. The molecule has 2 amide bonds. The summed E-state index contributed by atoms with van der Waals surface area (Å²) in [5.41, 5.74) is 1.24. The molecule has 2 aromatic rings. The first-order chi connectivity index (χ1) is 12.1. The first kappa shape index (κ1) is 18.4. The molecule has 0 fully saturated rings. The fraction of sp³-hybridized carbons (Fsp3) is 0.316. The van der Waals surface area contributed by atoms with Crippen molar-refractivity contribution < 1.29 is 14.3 Å². The van der Waals surface area contributed by atoms with Gasteiger partial charge >= 0.3 is 0 Å². The molecule has 1 aromatic carbocycles. The molecule has 0 unspecified atom stereocenters. The molecular formula is C19H23N3O3. The van der Waals surface area contributed by atoms with E-state index >= 15 is 0 Å². The van der Waals surface area contributed by atoms with E-state index in [4.69, 9.17) is 4.74 Å². The molecule has 25 heavy (non-hydrogen) atoms. The van der Waals surface area contributed by atoms with E-state index in [0.29, 0.717) is 24.4 Å². The normalized spacial score (nSPS) is 10.2. The summed E-state index contributed by atoms with van der Waals surface area (Å²) in [5, 5.41) is 5.58. The van der Waals surface area contributed by atoms with Crippen LogP contribution in [0.3, 0.4) is 0 Å². The van der Waals surface area contributed by atoms with Gasteiger partial charge in [-0.05, 0) is 49.7 Å². The van der Waals surface area contributed by atoms with Crippen LogP contribution in [-0.4, -0.2) is 29.9 Å². The zero-order chi connectivity index (χ0) is 18.1. The predicted molar refractivity (Wildman–Crippen MR) is 97.0 cm³/mol. The van der Waals surface area contributed by atoms with E-state index in [2.05, 4.69) is 22.5 Å². The number of nitrogens with one attached hydrogen (secondary N) is 2. The fourth-order valence-corrected chi connectivity index (χ4v) is 2.17. The van der Waals surface area contributed by atoms with Gasteiger partial charge in [-0.25, -0.2) is 0 Å². The summed E-state index contributed by atoms with van der Waals surface area (Å²) in [6, 6.07) is 10.2. The Morgan fingerprint density at radius 1 is 1.08 bits per heavy atom. The van der Waals surface area contributed by atoms with Crippen molar-refractivity contribution in [3.05, 3.63) is 53.9 Å². The monoisotopic (exact) mass is 341 g/mol. The van der Waals surface area contributed by atoms with Gasteiger partial charge in [0.25, 0.3) is 11.8 Å². The SMILES string of the molecule is CCCCNC(=O)c1ccnc(C(=O)Nc2ccc(OCC)cc2)c1. The fourth-order valence-electron chi connectivity index (χ4n) is 2.17. The van der Waals surface area contributed by atoms with Gasteiger partial charge in [-0.1, -0.05) is 13.3 Å². The van der Waals surface area contributed by atoms with E-state index in [-0.39, 0.29) is 17.5 Å². The summed E-state index contributed by atoms with van der Waals surface area (Å²) in [6.07, 6.45) is 3.39. The Morgan fingerprint density at radius 2 is 1.84 bits per heavy atom. The summed E-state index contributed by atoms with van der Waals surface area (Å²) in [6.45, 7) is 5.17. The zero-order valence-corrected chi connectivity index (χ0v) is 14.5. The predicted octanol–water partition coefficient (Wildman–Crippen LogP) is 3.26. The van der Waals surface area contributed by atoms with Crippen molar-refractivity contribution in [1.29, 1.82) is 0 Å². The average molecular weight is 341 g/mol. The van der Waals surface area contributed by atoms with Crippen LogP contribution in [0.5, 0.6) is 5.75 Å². The summed E-state index contributed by atoms with van der Waals surface area (Å²) in [7, 11) is 0. The Kier molecular flexibility index (Phi) is 6.95. The van der Waals surface area contributed by atoms with Crippen LogP contribution in [0, 0.1) is 0 Å². The van der Waals surface area contributed by atoms with E-state index in [1.165, 1.54) is 12.3 Å². The lowest BCUT2D eigenvalue weighted by Gasteiger charge is -2.08. The van der Waals surface area contributed by atoms with Crippen molar-refractivity contribution in [3.63, 3.8) is 0 Å². The van der Waals surface area contributed by atoms with Gasteiger partial charge in [-0.15, -0.1) is 0 Å². The smallest absolute Gasteiger partial charge is 0.274 e. The first-order valence-corrected chi connectivity index (χ1v) is 8.42. The number of carbonyl (C=O) groups excluding carboxylic acids is 2. The molecule has 1 heterocycles. The highest BCUT2D eigenvalue weighted by atomic mass is 16.5. The summed E-state index contributed by atoms with van der Waals surface area (Å²) in [5.74, 6) is 0.169. The molecule has 6 nitrogen and oxygen atoms in total. The number of nitrogens with zero attached hydrogens (tertiary/aromatic N) is 1. The Labute approximate surface area is 147 Å². The van der Waals surface area contributed by atoms with Gasteiger partial charge in [0.15, 0.2) is 0 Å². The molecular weight excluding hydrogens is 318 g/mol. The Hall–Kier alpha value is -2.89. The highest BCUT2D eigenvalue weighted by Gasteiger charge is 2.12. The Balaban J connectivity index is 2.01. The lowest BCUT2D eigenvalue weighted by molar-refractivity contribution is 0.0953. The number of pyridine rings is 1. The molecule has 0 spiro atoms. The summed E-state index contributed by atoms with van der Waals surface area (Å²) < 4.78 is 5.36. The maximum Gasteiger partial charge on any atom is 0.274 e. The third-order valence-corrected chi connectivity index (χ3v) is 3.49. The third kappa shape index (κ3) is 5.60. The zero-order valence-electron chi connectivity index (χ0n) is 14.5. The second-order valence-electron chi connectivity index (χ2n) is 5.45. The van der Waals surface area contributed by atoms with Crippen molar-refractivity contribution in [3.8, 4) is 5.75 Å². The number of hydrogen-bond acceptors (Lipinski definition) is 4. The van der Waals surface area contributed by atoms with Gasteiger partial charge in [-0.3, -0.25) is 14.6 Å². The van der Waals surface area contributed by atoms with Crippen LogP contribution in [0.2, 0.25) is 0 Å². The number of hydrogen-bond donors (Lipinski definition) is 2. The number of unbranched alkanes of at least 4 members (excludes halogenated alkanes) is 1. The van der Waals surface area contributed by atoms with Crippen molar-refractivity contribution in [2.45, 2.75) is 26.7 Å². The number of anilines is 1. The lowest BCUT2D eigenvalue weighted by atomic mass is 10.2. The van der Waals surface area contributed by atoms with E-state index in [0.717, 1.165) is 18.6 Å². The van der Waals surface area contributed by atoms with Gasteiger partial charge in [0.2, 0.25) is 0 Å². The number of aromatic nitrogens is 1. The number of amides is 2. The molecule has 132 valence electrons. The van der Waals surface area contributed by atoms with Crippen LogP contribution in [0.1, 0.15) is 47.5 Å². The van der Waals surface area contributed by atoms with Gasteiger partial charge in [0, 0.05) is 24.0 Å². The van der Waals surface area contributed by atoms with Crippen LogP contribution >= 0.6 is 0 Å². The van der Waals surface area contributed by atoms with E-state index in [1.807, 2.05) is 6.92 Å². The highest BCUT2D eigenvalue weighted by Crippen LogP contribution is 2.16. The van der Waals surface area contributed by atoms with Gasteiger partial charge < -0.3 is 15.4 Å². The molecule has 0 radical (unpaired) electrons.